The third kappa shape index (κ3) is 3.89. The lowest BCUT2D eigenvalue weighted by Crippen LogP contribution is -2.31. The minimum atomic E-state index is -0.581. The summed E-state index contributed by atoms with van der Waals surface area (Å²) < 4.78 is 19.8. The molecule has 3 aromatic rings. The number of aromatic nitrogens is 2. The van der Waals surface area contributed by atoms with Crippen LogP contribution in [0.1, 0.15) is 17.1 Å². The highest BCUT2D eigenvalue weighted by Gasteiger charge is 2.15. The number of halogens is 1. The molecule has 2 aromatic heterocycles. The van der Waals surface area contributed by atoms with Gasteiger partial charge in [-0.25, -0.2) is 9.07 Å². The molecule has 27 heavy (non-hydrogen) atoms. The molecule has 0 atom stereocenters. The Morgan fingerprint density at radius 3 is 2.67 bits per heavy atom. The molecule has 0 fully saturated rings. The van der Waals surface area contributed by atoms with E-state index in [4.69, 9.17) is 10.2 Å². The fourth-order valence-corrected chi connectivity index (χ4v) is 2.74. The zero-order valence-electron chi connectivity index (χ0n) is 15.2. The lowest BCUT2D eigenvalue weighted by Gasteiger charge is -2.11. The number of nitrogen functional groups attached to an aromatic ring is 1. The number of benzene rings is 1. The van der Waals surface area contributed by atoms with Crippen LogP contribution in [0.25, 0.3) is 11.3 Å². The van der Waals surface area contributed by atoms with Gasteiger partial charge < -0.3 is 15.5 Å². The van der Waals surface area contributed by atoms with Crippen molar-refractivity contribution in [2.75, 3.05) is 11.1 Å². The zero-order valence-corrected chi connectivity index (χ0v) is 15.2. The molecule has 0 spiro atoms. The molecule has 0 saturated heterocycles. The lowest BCUT2D eigenvalue weighted by atomic mass is 10.1. The van der Waals surface area contributed by atoms with E-state index in [0.29, 0.717) is 34.0 Å². The summed E-state index contributed by atoms with van der Waals surface area (Å²) in [6.07, 6.45) is 0. The van der Waals surface area contributed by atoms with Crippen LogP contribution in [0, 0.1) is 26.6 Å². The van der Waals surface area contributed by atoms with Crippen LogP contribution in [-0.2, 0) is 11.3 Å². The summed E-state index contributed by atoms with van der Waals surface area (Å²) in [7, 11) is 0. The summed E-state index contributed by atoms with van der Waals surface area (Å²) in [6, 6.07) is 7.30. The van der Waals surface area contributed by atoms with E-state index in [1.165, 1.54) is 18.2 Å². The van der Waals surface area contributed by atoms with Gasteiger partial charge in [-0.2, -0.15) is 5.10 Å². The number of amides is 1. The van der Waals surface area contributed by atoms with E-state index in [0.717, 1.165) is 4.68 Å². The Morgan fingerprint density at radius 1 is 1.26 bits per heavy atom. The van der Waals surface area contributed by atoms with Crippen molar-refractivity contribution >= 4 is 17.3 Å². The van der Waals surface area contributed by atoms with Crippen molar-refractivity contribution in [2.45, 2.75) is 27.3 Å². The quantitative estimate of drug-likeness (QED) is 0.735. The first-order chi connectivity index (χ1) is 12.7. The van der Waals surface area contributed by atoms with Gasteiger partial charge in [0.1, 0.15) is 29.6 Å². The molecule has 0 radical (unpaired) electrons. The maximum Gasteiger partial charge on any atom is 0.290 e. The maximum atomic E-state index is 13.4. The van der Waals surface area contributed by atoms with Gasteiger partial charge in [0.2, 0.25) is 5.91 Å². The van der Waals surface area contributed by atoms with Gasteiger partial charge >= 0.3 is 0 Å². The summed E-state index contributed by atoms with van der Waals surface area (Å²) in [4.78, 5) is 24.6. The van der Waals surface area contributed by atoms with E-state index in [-0.39, 0.29) is 12.2 Å². The summed E-state index contributed by atoms with van der Waals surface area (Å²) in [6.45, 7) is 4.95. The number of hydrogen-bond acceptors (Lipinski definition) is 5. The van der Waals surface area contributed by atoms with Gasteiger partial charge in [-0.05, 0) is 50.6 Å². The second kappa shape index (κ2) is 7.06. The van der Waals surface area contributed by atoms with Gasteiger partial charge in [0.15, 0.2) is 0 Å². The highest BCUT2D eigenvalue weighted by molar-refractivity contribution is 5.91. The van der Waals surface area contributed by atoms with Gasteiger partial charge in [0, 0.05) is 11.3 Å². The van der Waals surface area contributed by atoms with Crippen molar-refractivity contribution in [2.24, 2.45) is 0 Å². The Hall–Kier alpha value is -3.42. The Bertz CT molecular complexity index is 1090. The molecular formula is C19H19FN4O3. The van der Waals surface area contributed by atoms with Crippen molar-refractivity contribution in [3.8, 4) is 11.3 Å². The first-order valence-electron chi connectivity index (χ1n) is 8.25. The largest absolute Gasteiger partial charge is 0.466 e. The van der Waals surface area contributed by atoms with E-state index in [1.54, 1.807) is 32.9 Å². The third-order valence-corrected chi connectivity index (χ3v) is 4.09. The number of hydrogen-bond donors (Lipinski definition) is 2. The normalized spacial score (nSPS) is 10.8. The van der Waals surface area contributed by atoms with Crippen molar-refractivity contribution in [3.63, 3.8) is 0 Å². The van der Waals surface area contributed by atoms with Crippen LogP contribution in [0.2, 0.25) is 0 Å². The van der Waals surface area contributed by atoms with E-state index in [9.17, 15) is 14.0 Å². The Balaban J connectivity index is 1.90. The monoisotopic (exact) mass is 370 g/mol. The van der Waals surface area contributed by atoms with Crippen LogP contribution in [0.15, 0.2) is 39.5 Å². The van der Waals surface area contributed by atoms with E-state index in [1.807, 2.05) is 0 Å². The maximum absolute atomic E-state index is 13.4. The second-order valence-corrected chi connectivity index (χ2v) is 6.28. The molecule has 0 bridgehead atoms. The number of nitrogens with zero attached hydrogens (tertiary/aromatic N) is 2. The van der Waals surface area contributed by atoms with Gasteiger partial charge in [-0.3, -0.25) is 9.59 Å². The SMILES string of the molecule is Cc1cc(-c2cc(N)c(=O)n(CC(=O)Nc3cc(F)ccc3C)n2)c(C)o1. The van der Waals surface area contributed by atoms with Crippen LogP contribution in [0.5, 0.6) is 0 Å². The number of furan rings is 1. The van der Waals surface area contributed by atoms with Crippen molar-refractivity contribution in [1.82, 2.24) is 9.78 Å². The van der Waals surface area contributed by atoms with E-state index in [2.05, 4.69) is 10.4 Å². The zero-order chi connectivity index (χ0) is 19.7. The van der Waals surface area contributed by atoms with Gasteiger partial charge in [0.05, 0.1) is 5.69 Å². The summed E-state index contributed by atoms with van der Waals surface area (Å²) in [5.41, 5.74) is 7.33. The molecule has 0 aliphatic carbocycles. The van der Waals surface area contributed by atoms with Gasteiger partial charge in [-0.15, -0.1) is 0 Å². The van der Waals surface area contributed by atoms with Crippen molar-refractivity contribution in [3.05, 3.63) is 63.6 Å². The fourth-order valence-electron chi connectivity index (χ4n) is 2.74. The second-order valence-electron chi connectivity index (χ2n) is 6.28. The summed E-state index contributed by atoms with van der Waals surface area (Å²) in [5.74, 6) is 0.336. The topological polar surface area (TPSA) is 103 Å². The minimum Gasteiger partial charge on any atom is -0.466 e. The molecule has 2 heterocycles. The molecule has 7 nitrogen and oxygen atoms in total. The van der Waals surface area contributed by atoms with Crippen LogP contribution >= 0.6 is 0 Å². The molecule has 1 aromatic carbocycles. The third-order valence-electron chi connectivity index (χ3n) is 4.09. The van der Waals surface area contributed by atoms with E-state index >= 15 is 0 Å². The van der Waals surface area contributed by atoms with Crippen LogP contribution in [0.3, 0.4) is 0 Å². The van der Waals surface area contributed by atoms with Crippen LogP contribution in [-0.4, -0.2) is 15.7 Å². The molecule has 0 aliphatic heterocycles. The van der Waals surface area contributed by atoms with Crippen molar-refractivity contribution in [1.29, 1.82) is 0 Å². The molecule has 3 N–H and O–H groups in total. The Morgan fingerprint density at radius 2 is 2.00 bits per heavy atom. The molecule has 0 unspecified atom stereocenters. The number of aryl methyl sites for hydroxylation is 3. The van der Waals surface area contributed by atoms with Gasteiger partial charge in [-0.1, -0.05) is 6.07 Å². The predicted molar refractivity (Wildman–Crippen MR) is 99.9 cm³/mol. The number of nitrogens with one attached hydrogen (secondary N) is 1. The number of carbonyl (C=O) groups excluding carboxylic acids is 1. The fraction of sp³-hybridized carbons (Fsp3) is 0.211. The first kappa shape index (κ1) is 18.4. The average molecular weight is 370 g/mol. The molecule has 3 rings (SSSR count). The number of nitrogens with two attached hydrogens (primary N) is 1. The number of carbonyl (C=O) groups is 1. The Labute approximate surface area is 154 Å². The highest BCUT2D eigenvalue weighted by atomic mass is 19.1. The Kier molecular flexibility index (Phi) is 4.81. The lowest BCUT2D eigenvalue weighted by molar-refractivity contribution is -0.117. The van der Waals surface area contributed by atoms with Crippen molar-refractivity contribution < 1.29 is 13.6 Å². The molecule has 0 aliphatic rings. The smallest absolute Gasteiger partial charge is 0.290 e. The molecule has 140 valence electrons. The van der Waals surface area contributed by atoms with Crippen LogP contribution in [0.4, 0.5) is 15.8 Å². The minimum absolute atomic E-state index is 0.0343. The molecular weight excluding hydrogens is 351 g/mol. The molecule has 1 amide bonds. The standard InChI is InChI=1S/C19H19FN4O3/c1-10-4-5-13(20)7-16(10)22-18(25)9-24-19(26)15(21)8-17(23-24)14-6-11(2)27-12(14)3/h4-8H,9,21H2,1-3H3,(H,22,25). The van der Waals surface area contributed by atoms with Gasteiger partial charge in [0.25, 0.3) is 5.56 Å². The van der Waals surface area contributed by atoms with Crippen LogP contribution < -0.4 is 16.6 Å². The predicted octanol–water partition coefficient (Wildman–Crippen LogP) is 2.79. The number of anilines is 2. The van der Waals surface area contributed by atoms with E-state index < -0.39 is 17.3 Å². The molecule has 0 saturated carbocycles. The summed E-state index contributed by atoms with van der Waals surface area (Å²) >= 11 is 0. The molecule has 8 heteroatoms. The summed E-state index contributed by atoms with van der Waals surface area (Å²) in [5, 5.41) is 6.81. The first-order valence-corrected chi connectivity index (χ1v) is 8.25. The number of rotatable bonds is 4. The highest BCUT2D eigenvalue weighted by Crippen LogP contribution is 2.25. The average Bonchev–Trinajstić information content (AvgIpc) is 2.93.